The normalized spacial score (nSPS) is 11.2. The summed E-state index contributed by atoms with van der Waals surface area (Å²) in [5.74, 6) is -0.415. The summed E-state index contributed by atoms with van der Waals surface area (Å²) in [6, 6.07) is 22.7. The van der Waals surface area contributed by atoms with Crippen molar-refractivity contribution in [3.63, 3.8) is 0 Å². The second-order valence-corrected chi connectivity index (χ2v) is 9.37. The molecule has 8 heteroatoms. The molecule has 0 atom stereocenters. The van der Waals surface area contributed by atoms with Gasteiger partial charge in [0.05, 0.1) is 22.3 Å². The lowest BCUT2D eigenvalue weighted by Crippen LogP contribution is -2.37. The predicted octanol–water partition coefficient (Wildman–Crippen LogP) is 4.21. The zero-order valence-electron chi connectivity index (χ0n) is 19.7. The van der Waals surface area contributed by atoms with E-state index in [-0.39, 0.29) is 17.2 Å². The van der Waals surface area contributed by atoms with Crippen molar-refractivity contribution in [2.75, 3.05) is 32.9 Å². The van der Waals surface area contributed by atoms with E-state index in [0.717, 1.165) is 12.1 Å². The Kier molecular flexibility index (Phi) is 7.94. The van der Waals surface area contributed by atoms with Crippen LogP contribution in [0.5, 0.6) is 0 Å². The molecule has 4 rings (SSSR count). The minimum absolute atomic E-state index is 0.0612. The number of likely N-dealkylation sites (N-methyl/N-ethyl adjacent to an activating group) is 1. The third-order valence-corrected chi connectivity index (χ3v) is 6.45. The standard InChI is InChI=1S/C27H27FN4O2S/c1-30(2)15-16-31(18-20-9-4-3-5-10-20)25(33)19-35-27-29-24-14-7-6-13-23(24)26(34)32(27)22-12-8-11-21(28)17-22/h3-14,17H,15-16,18-19H2,1-2H3. The van der Waals surface area contributed by atoms with Crippen LogP contribution in [0.3, 0.4) is 0 Å². The summed E-state index contributed by atoms with van der Waals surface area (Å²) in [4.78, 5) is 35.1. The molecule has 0 spiro atoms. The first-order valence-electron chi connectivity index (χ1n) is 11.3. The quantitative estimate of drug-likeness (QED) is 0.260. The Morgan fingerprint density at radius 3 is 2.46 bits per heavy atom. The van der Waals surface area contributed by atoms with E-state index in [4.69, 9.17) is 0 Å². The third-order valence-electron chi connectivity index (χ3n) is 5.52. The fraction of sp³-hybridized carbons (Fsp3) is 0.222. The maximum atomic E-state index is 14.0. The maximum Gasteiger partial charge on any atom is 0.266 e. The van der Waals surface area contributed by atoms with Crippen LogP contribution < -0.4 is 5.56 Å². The average Bonchev–Trinajstić information content (AvgIpc) is 2.85. The van der Waals surface area contributed by atoms with Gasteiger partial charge in [-0.05, 0) is 50.0 Å². The number of thioether (sulfide) groups is 1. The fourth-order valence-electron chi connectivity index (χ4n) is 3.69. The van der Waals surface area contributed by atoms with Crippen molar-refractivity contribution in [1.82, 2.24) is 19.4 Å². The molecule has 1 heterocycles. The number of hydrogen-bond acceptors (Lipinski definition) is 5. The number of fused-ring (bicyclic) bond motifs is 1. The minimum Gasteiger partial charge on any atom is -0.336 e. The van der Waals surface area contributed by atoms with Crippen LogP contribution in [0.25, 0.3) is 16.6 Å². The van der Waals surface area contributed by atoms with Gasteiger partial charge in [-0.1, -0.05) is 60.3 Å². The SMILES string of the molecule is CN(C)CCN(Cc1ccccc1)C(=O)CSc1nc2ccccc2c(=O)n1-c1cccc(F)c1. The number of benzene rings is 3. The third kappa shape index (κ3) is 6.15. The fourth-order valence-corrected chi connectivity index (χ4v) is 4.60. The minimum atomic E-state index is -0.452. The number of rotatable bonds is 9. The van der Waals surface area contributed by atoms with Crippen LogP contribution in [-0.4, -0.2) is 58.2 Å². The van der Waals surface area contributed by atoms with Crippen LogP contribution in [0.1, 0.15) is 5.56 Å². The molecule has 0 saturated heterocycles. The van der Waals surface area contributed by atoms with Crippen LogP contribution in [0.15, 0.2) is 88.8 Å². The van der Waals surface area contributed by atoms with Gasteiger partial charge in [0.15, 0.2) is 5.16 Å². The van der Waals surface area contributed by atoms with E-state index >= 15 is 0 Å². The van der Waals surface area contributed by atoms with Crippen LogP contribution in [-0.2, 0) is 11.3 Å². The lowest BCUT2D eigenvalue weighted by Gasteiger charge is -2.24. The lowest BCUT2D eigenvalue weighted by molar-refractivity contribution is -0.129. The van der Waals surface area contributed by atoms with Gasteiger partial charge in [0.2, 0.25) is 5.91 Å². The van der Waals surface area contributed by atoms with Crippen LogP contribution in [0, 0.1) is 5.82 Å². The number of nitrogens with zero attached hydrogens (tertiary/aromatic N) is 4. The summed E-state index contributed by atoms with van der Waals surface area (Å²) < 4.78 is 15.4. The van der Waals surface area contributed by atoms with Gasteiger partial charge in [0.25, 0.3) is 5.56 Å². The molecule has 0 unspecified atom stereocenters. The number of para-hydroxylation sites is 1. The molecule has 0 fully saturated rings. The van der Waals surface area contributed by atoms with Gasteiger partial charge in [0, 0.05) is 19.6 Å². The summed E-state index contributed by atoms with van der Waals surface area (Å²) >= 11 is 1.18. The van der Waals surface area contributed by atoms with Gasteiger partial charge < -0.3 is 9.80 Å². The maximum absolute atomic E-state index is 14.0. The summed E-state index contributed by atoms with van der Waals surface area (Å²) in [5.41, 5.74) is 1.65. The summed E-state index contributed by atoms with van der Waals surface area (Å²) in [5, 5.41) is 0.782. The predicted molar refractivity (Wildman–Crippen MR) is 138 cm³/mol. The Balaban J connectivity index is 1.64. The van der Waals surface area contributed by atoms with Crippen molar-refractivity contribution in [1.29, 1.82) is 0 Å². The molecule has 1 aromatic heterocycles. The molecule has 0 saturated carbocycles. The van der Waals surface area contributed by atoms with Crippen molar-refractivity contribution in [2.45, 2.75) is 11.7 Å². The molecule has 180 valence electrons. The van der Waals surface area contributed by atoms with Gasteiger partial charge in [0.1, 0.15) is 5.82 Å². The smallest absolute Gasteiger partial charge is 0.266 e. The zero-order valence-corrected chi connectivity index (χ0v) is 20.5. The topological polar surface area (TPSA) is 58.4 Å². The molecule has 35 heavy (non-hydrogen) atoms. The second-order valence-electron chi connectivity index (χ2n) is 8.42. The van der Waals surface area contributed by atoms with Crippen molar-refractivity contribution in [3.8, 4) is 5.69 Å². The molecular weight excluding hydrogens is 463 g/mol. The number of amides is 1. The van der Waals surface area contributed by atoms with E-state index in [0.29, 0.717) is 34.8 Å². The monoisotopic (exact) mass is 490 g/mol. The summed E-state index contributed by atoms with van der Waals surface area (Å²) in [7, 11) is 3.94. The van der Waals surface area contributed by atoms with E-state index in [9.17, 15) is 14.0 Å². The Morgan fingerprint density at radius 1 is 0.971 bits per heavy atom. The van der Waals surface area contributed by atoms with Gasteiger partial charge in [-0.15, -0.1) is 0 Å². The molecule has 6 nitrogen and oxygen atoms in total. The Morgan fingerprint density at radius 2 is 1.71 bits per heavy atom. The zero-order chi connectivity index (χ0) is 24.8. The van der Waals surface area contributed by atoms with Gasteiger partial charge in [-0.2, -0.15) is 0 Å². The highest BCUT2D eigenvalue weighted by Crippen LogP contribution is 2.22. The molecule has 0 aliphatic rings. The highest BCUT2D eigenvalue weighted by atomic mass is 32.2. The highest BCUT2D eigenvalue weighted by molar-refractivity contribution is 7.99. The Hall–Kier alpha value is -3.49. The van der Waals surface area contributed by atoms with E-state index in [1.165, 1.54) is 28.5 Å². The molecule has 0 aliphatic heterocycles. The molecule has 0 radical (unpaired) electrons. The molecule has 4 aromatic rings. The van der Waals surface area contributed by atoms with Crippen molar-refractivity contribution >= 4 is 28.6 Å². The molecular formula is C27H27FN4O2S. The number of carbonyl (C=O) groups excluding carboxylic acids is 1. The largest absolute Gasteiger partial charge is 0.336 e. The van der Waals surface area contributed by atoms with Crippen LogP contribution in [0.2, 0.25) is 0 Å². The van der Waals surface area contributed by atoms with Gasteiger partial charge >= 0.3 is 0 Å². The average molecular weight is 491 g/mol. The van der Waals surface area contributed by atoms with E-state index < -0.39 is 5.82 Å². The van der Waals surface area contributed by atoms with Crippen molar-refractivity contribution in [2.24, 2.45) is 0 Å². The Labute approximate surface area is 208 Å². The van der Waals surface area contributed by atoms with E-state index in [1.807, 2.05) is 60.3 Å². The number of halogens is 1. The molecule has 1 amide bonds. The van der Waals surface area contributed by atoms with E-state index in [1.54, 1.807) is 30.3 Å². The Bertz CT molecular complexity index is 1370. The molecule has 3 aromatic carbocycles. The first-order valence-corrected chi connectivity index (χ1v) is 12.3. The molecule has 0 bridgehead atoms. The summed E-state index contributed by atoms with van der Waals surface area (Å²) in [6.45, 7) is 1.80. The molecule has 0 N–H and O–H groups in total. The van der Waals surface area contributed by atoms with E-state index in [2.05, 4.69) is 4.98 Å². The van der Waals surface area contributed by atoms with Gasteiger partial charge in [-0.3, -0.25) is 14.2 Å². The lowest BCUT2D eigenvalue weighted by atomic mass is 10.2. The number of aromatic nitrogens is 2. The highest BCUT2D eigenvalue weighted by Gasteiger charge is 2.19. The van der Waals surface area contributed by atoms with Gasteiger partial charge in [-0.25, -0.2) is 9.37 Å². The first-order chi connectivity index (χ1) is 16.9. The second kappa shape index (κ2) is 11.3. The van der Waals surface area contributed by atoms with Crippen molar-refractivity contribution in [3.05, 3.63) is 101 Å². The first kappa shape index (κ1) is 24.6. The van der Waals surface area contributed by atoms with Crippen LogP contribution in [0.4, 0.5) is 4.39 Å². The summed E-state index contributed by atoms with van der Waals surface area (Å²) in [6.07, 6.45) is 0. The number of hydrogen-bond donors (Lipinski definition) is 0. The van der Waals surface area contributed by atoms with Crippen molar-refractivity contribution < 1.29 is 9.18 Å². The van der Waals surface area contributed by atoms with Crippen LogP contribution >= 0.6 is 11.8 Å². The number of carbonyl (C=O) groups is 1. The molecule has 0 aliphatic carbocycles.